The van der Waals surface area contributed by atoms with Gasteiger partial charge in [-0.15, -0.1) is 0 Å². The summed E-state index contributed by atoms with van der Waals surface area (Å²) >= 11 is 0. The Balaban J connectivity index is 2.74. The molecule has 90 valence electrons. The normalized spacial score (nSPS) is 44.0. The van der Waals surface area contributed by atoms with Crippen molar-refractivity contribution in [2.75, 3.05) is 13.7 Å². The highest BCUT2D eigenvalue weighted by molar-refractivity contribution is 4.92. The van der Waals surface area contributed by atoms with Crippen molar-refractivity contribution in [1.29, 1.82) is 0 Å². The van der Waals surface area contributed by atoms with Crippen LogP contribution in [0.2, 0.25) is 0 Å². The van der Waals surface area contributed by atoms with Gasteiger partial charge in [0.25, 0.3) is 0 Å². The van der Waals surface area contributed by atoms with E-state index in [1.807, 2.05) is 0 Å². The van der Waals surface area contributed by atoms with Crippen LogP contribution in [-0.2, 0) is 9.47 Å². The standard InChI is InChI=1S/C8H16O7/c1-14-8-6(13)4(11)5(12)7(15-8)3(10)2-9/h3-13H,2H2,1H3/t3-,4-,5-,6-,7+,8+/m0/s1. The van der Waals surface area contributed by atoms with Gasteiger partial charge < -0.3 is 35.0 Å². The van der Waals surface area contributed by atoms with Gasteiger partial charge in [-0.2, -0.15) is 0 Å². The summed E-state index contributed by atoms with van der Waals surface area (Å²) in [4.78, 5) is 0. The van der Waals surface area contributed by atoms with Crippen LogP contribution in [0, 0.1) is 0 Å². The summed E-state index contributed by atoms with van der Waals surface area (Å²) in [5, 5.41) is 46.2. The maximum absolute atomic E-state index is 9.46. The number of aliphatic hydroxyl groups excluding tert-OH is 5. The minimum Gasteiger partial charge on any atom is -0.394 e. The maximum atomic E-state index is 9.46. The van der Waals surface area contributed by atoms with Gasteiger partial charge in [0.1, 0.15) is 30.5 Å². The summed E-state index contributed by atoms with van der Waals surface area (Å²) in [6.07, 6.45) is -8.05. The van der Waals surface area contributed by atoms with Crippen molar-refractivity contribution in [3.8, 4) is 0 Å². The third-order valence-corrected chi connectivity index (χ3v) is 2.41. The van der Waals surface area contributed by atoms with Crippen LogP contribution in [0.4, 0.5) is 0 Å². The van der Waals surface area contributed by atoms with Crippen molar-refractivity contribution in [1.82, 2.24) is 0 Å². The predicted molar refractivity (Wildman–Crippen MR) is 46.8 cm³/mol. The SMILES string of the molecule is CO[C@@H]1O[C@H]([C@@H](O)CO)[C@@H](O)[C@H](O)[C@@H]1O. The molecule has 0 aromatic carbocycles. The Morgan fingerprint density at radius 2 is 1.80 bits per heavy atom. The molecule has 1 saturated heterocycles. The molecule has 7 nitrogen and oxygen atoms in total. The molecule has 0 aromatic rings. The van der Waals surface area contributed by atoms with E-state index in [1.54, 1.807) is 0 Å². The second kappa shape index (κ2) is 5.17. The third kappa shape index (κ3) is 2.45. The van der Waals surface area contributed by atoms with Gasteiger partial charge in [-0.05, 0) is 0 Å². The molecule has 0 spiro atoms. The average Bonchev–Trinajstić information content (AvgIpc) is 2.25. The first-order valence-electron chi connectivity index (χ1n) is 4.54. The highest BCUT2D eigenvalue weighted by atomic mass is 16.7. The smallest absolute Gasteiger partial charge is 0.186 e. The average molecular weight is 224 g/mol. The van der Waals surface area contributed by atoms with Crippen LogP contribution >= 0.6 is 0 Å². The van der Waals surface area contributed by atoms with Gasteiger partial charge in [0.15, 0.2) is 6.29 Å². The van der Waals surface area contributed by atoms with Gasteiger partial charge in [0.05, 0.1) is 6.61 Å². The lowest BCUT2D eigenvalue weighted by molar-refractivity contribution is -0.305. The van der Waals surface area contributed by atoms with E-state index in [9.17, 15) is 20.4 Å². The first kappa shape index (κ1) is 12.8. The quantitative estimate of drug-likeness (QED) is 0.342. The first-order valence-corrected chi connectivity index (χ1v) is 4.54. The fourth-order valence-electron chi connectivity index (χ4n) is 1.49. The van der Waals surface area contributed by atoms with E-state index >= 15 is 0 Å². The van der Waals surface area contributed by atoms with Gasteiger partial charge in [-0.3, -0.25) is 0 Å². The van der Waals surface area contributed by atoms with E-state index in [0.717, 1.165) is 0 Å². The predicted octanol–water partition coefficient (Wildman–Crippen LogP) is -3.21. The highest BCUT2D eigenvalue weighted by Gasteiger charge is 2.46. The molecule has 6 atom stereocenters. The van der Waals surface area contributed by atoms with Crippen LogP contribution < -0.4 is 0 Å². The zero-order valence-corrected chi connectivity index (χ0v) is 8.22. The zero-order chi connectivity index (χ0) is 11.6. The van der Waals surface area contributed by atoms with Crippen molar-refractivity contribution in [3.63, 3.8) is 0 Å². The minimum absolute atomic E-state index is 0.624. The molecule has 0 radical (unpaired) electrons. The third-order valence-electron chi connectivity index (χ3n) is 2.41. The summed E-state index contributed by atoms with van der Waals surface area (Å²) in [6, 6.07) is 0. The molecule has 1 heterocycles. The number of aliphatic hydroxyl groups is 5. The molecule has 0 amide bonds. The van der Waals surface area contributed by atoms with Crippen molar-refractivity contribution in [3.05, 3.63) is 0 Å². The van der Waals surface area contributed by atoms with Crippen LogP contribution in [0.15, 0.2) is 0 Å². The van der Waals surface area contributed by atoms with Gasteiger partial charge in [-0.25, -0.2) is 0 Å². The fraction of sp³-hybridized carbons (Fsp3) is 1.00. The van der Waals surface area contributed by atoms with Gasteiger partial charge in [-0.1, -0.05) is 0 Å². The Hall–Kier alpha value is -0.280. The lowest BCUT2D eigenvalue weighted by Gasteiger charge is -2.41. The summed E-state index contributed by atoms with van der Waals surface area (Å²) in [6.45, 7) is -0.624. The van der Waals surface area contributed by atoms with E-state index in [-0.39, 0.29) is 0 Å². The van der Waals surface area contributed by atoms with Crippen LogP contribution in [0.25, 0.3) is 0 Å². The molecule has 0 unspecified atom stereocenters. The Labute approximate surface area is 86.5 Å². The lowest BCUT2D eigenvalue weighted by Crippen LogP contribution is -2.61. The Morgan fingerprint density at radius 3 is 2.27 bits per heavy atom. The largest absolute Gasteiger partial charge is 0.394 e. The highest BCUT2D eigenvalue weighted by Crippen LogP contribution is 2.23. The molecule has 0 bridgehead atoms. The van der Waals surface area contributed by atoms with E-state index < -0.39 is 43.4 Å². The molecule has 1 rings (SSSR count). The van der Waals surface area contributed by atoms with E-state index in [2.05, 4.69) is 0 Å². The molecular formula is C8H16O7. The molecule has 5 N–H and O–H groups in total. The number of hydrogen-bond donors (Lipinski definition) is 5. The summed E-state index contributed by atoms with van der Waals surface area (Å²) in [5.41, 5.74) is 0. The Kier molecular flexibility index (Phi) is 4.41. The van der Waals surface area contributed by atoms with Crippen molar-refractivity contribution in [2.24, 2.45) is 0 Å². The second-order valence-electron chi connectivity index (χ2n) is 3.43. The summed E-state index contributed by atoms with van der Waals surface area (Å²) in [7, 11) is 1.25. The topological polar surface area (TPSA) is 120 Å². The van der Waals surface area contributed by atoms with Gasteiger partial charge >= 0.3 is 0 Å². The monoisotopic (exact) mass is 224 g/mol. The van der Waals surface area contributed by atoms with Gasteiger partial charge in [0.2, 0.25) is 0 Å². The van der Waals surface area contributed by atoms with E-state index in [1.165, 1.54) is 7.11 Å². The van der Waals surface area contributed by atoms with Crippen molar-refractivity contribution >= 4 is 0 Å². The molecular weight excluding hydrogens is 208 g/mol. The molecule has 1 fully saturated rings. The number of methoxy groups -OCH3 is 1. The first-order chi connectivity index (χ1) is 7.02. The number of ether oxygens (including phenoxy) is 2. The maximum Gasteiger partial charge on any atom is 0.186 e. The van der Waals surface area contributed by atoms with Gasteiger partial charge in [0, 0.05) is 7.11 Å². The molecule has 0 saturated carbocycles. The summed E-state index contributed by atoms with van der Waals surface area (Å²) in [5.74, 6) is 0. The minimum atomic E-state index is -1.49. The Morgan fingerprint density at radius 1 is 1.20 bits per heavy atom. The number of hydrogen-bond acceptors (Lipinski definition) is 7. The van der Waals surface area contributed by atoms with E-state index in [4.69, 9.17) is 14.6 Å². The van der Waals surface area contributed by atoms with Crippen LogP contribution in [0.3, 0.4) is 0 Å². The fourth-order valence-corrected chi connectivity index (χ4v) is 1.49. The summed E-state index contributed by atoms with van der Waals surface area (Å²) < 4.78 is 9.70. The van der Waals surface area contributed by atoms with E-state index in [0.29, 0.717) is 0 Å². The molecule has 7 heteroatoms. The molecule has 0 aliphatic carbocycles. The van der Waals surface area contributed by atoms with Crippen LogP contribution in [0.5, 0.6) is 0 Å². The molecule has 1 aliphatic heterocycles. The lowest BCUT2D eigenvalue weighted by atomic mass is 9.95. The van der Waals surface area contributed by atoms with Crippen molar-refractivity contribution < 1.29 is 35.0 Å². The molecule has 0 aromatic heterocycles. The molecule has 1 aliphatic rings. The second-order valence-corrected chi connectivity index (χ2v) is 3.43. The van der Waals surface area contributed by atoms with Crippen molar-refractivity contribution in [2.45, 2.75) is 36.8 Å². The Bertz CT molecular complexity index is 197. The van der Waals surface area contributed by atoms with Crippen LogP contribution in [-0.4, -0.2) is 76.1 Å². The zero-order valence-electron chi connectivity index (χ0n) is 8.22. The number of rotatable bonds is 3. The molecule has 15 heavy (non-hydrogen) atoms. The van der Waals surface area contributed by atoms with Crippen LogP contribution in [0.1, 0.15) is 0 Å².